The molecule has 1 saturated carbocycles. The fraction of sp³-hybridized carbons (Fsp3) is 0.714. The lowest BCUT2D eigenvalue weighted by Crippen LogP contribution is -2.31. The second-order valence-electron chi connectivity index (χ2n) is 5.23. The lowest BCUT2D eigenvalue weighted by Gasteiger charge is -2.31. The largest absolute Gasteiger partial charge is 0.372 e. The van der Waals surface area contributed by atoms with Crippen molar-refractivity contribution in [2.45, 2.75) is 58.9 Å². The standard InChI is InChI=1S/C14H22N2OS/c1-4-11-7-5-6-8-12(11)15-14-13(10(3)17)9(2)16-18-14/h11-12,15H,4-8H2,1-3H3. The fourth-order valence-electron chi connectivity index (χ4n) is 2.94. The van der Waals surface area contributed by atoms with Crippen LogP contribution in [-0.2, 0) is 0 Å². The van der Waals surface area contributed by atoms with Crippen LogP contribution in [-0.4, -0.2) is 16.2 Å². The Kier molecular flexibility index (Phi) is 4.38. The van der Waals surface area contributed by atoms with E-state index in [9.17, 15) is 4.79 Å². The second kappa shape index (κ2) is 5.83. The zero-order valence-corrected chi connectivity index (χ0v) is 12.3. The van der Waals surface area contributed by atoms with Gasteiger partial charge in [-0.2, -0.15) is 4.37 Å². The first-order valence-electron chi connectivity index (χ1n) is 6.87. The highest BCUT2D eigenvalue weighted by molar-refractivity contribution is 7.10. The number of carbonyl (C=O) groups excluding carboxylic acids is 1. The van der Waals surface area contributed by atoms with Crippen LogP contribution in [0.3, 0.4) is 0 Å². The molecule has 4 heteroatoms. The minimum atomic E-state index is 0.118. The molecule has 1 fully saturated rings. The quantitative estimate of drug-likeness (QED) is 0.836. The molecule has 0 spiro atoms. The lowest BCUT2D eigenvalue weighted by atomic mass is 9.83. The zero-order valence-electron chi connectivity index (χ0n) is 11.5. The van der Waals surface area contributed by atoms with E-state index >= 15 is 0 Å². The van der Waals surface area contributed by atoms with Crippen LogP contribution >= 0.6 is 11.5 Å². The van der Waals surface area contributed by atoms with Crippen molar-refractivity contribution in [3.63, 3.8) is 0 Å². The Morgan fingerprint density at radius 2 is 2.17 bits per heavy atom. The summed E-state index contributed by atoms with van der Waals surface area (Å²) < 4.78 is 4.31. The van der Waals surface area contributed by atoms with E-state index in [0.29, 0.717) is 6.04 Å². The first-order valence-corrected chi connectivity index (χ1v) is 7.64. The third-order valence-corrected chi connectivity index (χ3v) is 4.83. The van der Waals surface area contributed by atoms with E-state index in [2.05, 4.69) is 16.6 Å². The van der Waals surface area contributed by atoms with E-state index < -0.39 is 0 Å². The summed E-state index contributed by atoms with van der Waals surface area (Å²) in [6, 6.07) is 0.515. The summed E-state index contributed by atoms with van der Waals surface area (Å²) in [4.78, 5) is 11.7. The molecule has 1 aromatic rings. The molecule has 1 N–H and O–H groups in total. The first kappa shape index (κ1) is 13.5. The van der Waals surface area contributed by atoms with Gasteiger partial charge in [-0.05, 0) is 44.1 Å². The van der Waals surface area contributed by atoms with Crippen molar-refractivity contribution < 1.29 is 4.79 Å². The van der Waals surface area contributed by atoms with E-state index in [1.165, 1.54) is 43.6 Å². The van der Waals surface area contributed by atoms with E-state index in [-0.39, 0.29) is 5.78 Å². The van der Waals surface area contributed by atoms with Crippen molar-refractivity contribution in [3.8, 4) is 0 Å². The Bertz CT molecular complexity index is 427. The highest BCUT2D eigenvalue weighted by Crippen LogP contribution is 2.32. The summed E-state index contributed by atoms with van der Waals surface area (Å²) in [7, 11) is 0. The van der Waals surface area contributed by atoms with Gasteiger partial charge in [0.2, 0.25) is 0 Å². The van der Waals surface area contributed by atoms with E-state index in [4.69, 9.17) is 0 Å². The van der Waals surface area contributed by atoms with Crippen LogP contribution < -0.4 is 5.32 Å². The van der Waals surface area contributed by atoms with Gasteiger partial charge in [0, 0.05) is 6.04 Å². The monoisotopic (exact) mass is 266 g/mol. The van der Waals surface area contributed by atoms with Gasteiger partial charge in [-0.1, -0.05) is 26.2 Å². The number of hydrogen-bond acceptors (Lipinski definition) is 4. The van der Waals surface area contributed by atoms with E-state index in [0.717, 1.165) is 22.2 Å². The molecule has 1 aliphatic carbocycles. The number of nitrogens with zero attached hydrogens (tertiary/aromatic N) is 1. The normalized spacial score (nSPS) is 23.9. The van der Waals surface area contributed by atoms with Gasteiger partial charge < -0.3 is 5.32 Å². The van der Waals surface area contributed by atoms with Gasteiger partial charge in [-0.25, -0.2) is 0 Å². The summed E-state index contributed by atoms with van der Waals surface area (Å²) in [6.07, 6.45) is 6.37. The fourth-order valence-corrected chi connectivity index (χ4v) is 3.84. The average molecular weight is 266 g/mol. The van der Waals surface area contributed by atoms with Crippen LogP contribution in [0.25, 0.3) is 0 Å². The topological polar surface area (TPSA) is 42.0 Å². The first-order chi connectivity index (χ1) is 8.63. The van der Waals surface area contributed by atoms with Gasteiger partial charge in [0.1, 0.15) is 5.00 Å². The van der Waals surface area contributed by atoms with Crippen molar-refractivity contribution in [1.82, 2.24) is 4.37 Å². The average Bonchev–Trinajstić information content (AvgIpc) is 2.71. The number of hydrogen-bond donors (Lipinski definition) is 1. The molecule has 0 saturated heterocycles. The molecule has 2 rings (SSSR count). The molecule has 1 aliphatic rings. The van der Waals surface area contributed by atoms with Crippen molar-refractivity contribution in [2.75, 3.05) is 5.32 Å². The maximum Gasteiger partial charge on any atom is 0.164 e. The predicted octanol–water partition coefficient (Wildman–Crippen LogP) is 4.03. The number of aromatic nitrogens is 1. The minimum absolute atomic E-state index is 0.118. The van der Waals surface area contributed by atoms with Gasteiger partial charge in [0.05, 0.1) is 11.3 Å². The third kappa shape index (κ3) is 2.74. The molecule has 0 amide bonds. The minimum Gasteiger partial charge on any atom is -0.372 e. The number of ketones is 1. The zero-order chi connectivity index (χ0) is 13.1. The molecule has 1 heterocycles. The molecule has 18 heavy (non-hydrogen) atoms. The maximum absolute atomic E-state index is 11.7. The van der Waals surface area contributed by atoms with Gasteiger partial charge >= 0.3 is 0 Å². The highest BCUT2D eigenvalue weighted by Gasteiger charge is 2.25. The van der Waals surface area contributed by atoms with Crippen molar-refractivity contribution >= 4 is 22.3 Å². The molecular formula is C14H22N2OS. The van der Waals surface area contributed by atoms with Crippen molar-refractivity contribution in [2.24, 2.45) is 5.92 Å². The van der Waals surface area contributed by atoms with Crippen molar-refractivity contribution in [3.05, 3.63) is 11.3 Å². The second-order valence-corrected chi connectivity index (χ2v) is 6.01. The molecule has 0 aliphatic heterocycles. The van der Waals surface area contributed by atoms with Crippen molar-refractivity contribution in [1.29, 1.82) is 0 Å². The molecule has 1 aromatic heterocycles. The van der Waals surface area contributed by atoms with Gasteiger partial charge in [0.25, 0.3) is 0 Å². The molecular weight excluding hydrogens is 244 g/mol. The Morgan fingerprint density at radius 3 is 2.83 bits per heavy atom. The number of rotatable bonds is 4. The summed E-state index contributed by atoms with van der Waals surface area (Å²) in [5.41, 5.74) is 1.65. The molecule has 3 nitrogen and oxygen atoms in total. The number of nitrogens with one attached hydrogen (secondary N) is 1. The summed E-state index contributed by atoms with van der Waals surface area (Å²) in [6.45, 7) is 5.80. The molecule has 0 bridgehead atoms. The summed E-state index contributed by atoms with van der Waals surface area (Å²) >= 11 is 1.43. The molecule has 100 valence electrons. The smallest absolute Gasteiger partial charge is 0.164 e. The van der Waals surface area contributed by atoms with Crippen LogP contribution in [0.15, 0.2) is 0 Å². The van der Waals surface area contributed by atoms with Gasteiger partial charge in [-0.15, -0.1) is 0 Å². The van der Waals surface area contributed by atoms with Gasteiger partial charge in [0.15, 0.2) is 5.78 Å². The van der Waals surface area contributed by atoms with Crippen LogP contribution in [0, 0.1) is 12.8 Å². The predicted molar refractivity (Wildman–Crippen MR) is 76.5 cm³/mol. The van der Waals surface area contributed by atoms with Crippen LogP contribution in [0.2, 0.25) is 0 Å². The molecule has 0 aromatic carbocycles. The third-order valence-electron chi connectivity index (χ3n) is 3.96. The van der Waals surface area contributed by atoms with Gasteiger partial charge in [-0.3, -0.25) is 4.79 Å². The van der Waals surface area contributed by atoms with E-state index in [1.807, 2.05) is 6.92 Å². The number of aryl methyl sites for hydroxylation is 1. The highest BCUT2D eigenvalue weighted by atomic mass is 32.1. The Labute approximate surface area is 113 Å². The van der Waals surface area contributed by atoms with Crippen LogP contribution in [0.5, 0.6) is 0 Å². The Hall–Kier alpha value is -0.900. The van der Waals surface area contributed by atoms with Crippen LogP contribution in [0.4, 0.5) is 5.00 Å². The lowest BCUT2D eigenvalue weighted by molar-refractivity contribution is 0.101. The maximum atomic E-state index is 11.7. The van der Waals surface area contributed by atoms with E-state index in [1.54, 1.807) is 6.92 Å². The number of anilines is 1. The molecule has 2 atom stereocenters. The summed E-state index contributed by atoms with van der Waals surface area (Å²) in [5, 5.41) is 4.57. The van der Waals surface area contributed by atoms with Crippen LogP contribution in [0.1, 0.15) is 62.0 Å². The number of carbonyl (C=O) groups is 1. The Balaban J connectivity index is 2.15. The Morgan fingerprint density at radius 1 is 1.44 bits per heavy atom. The summed E-state index contributed by atoms with van der Waals surface area (Å²) in [5.74, 6) is 0.855. The SMILES string of the molecule is CCC1CCCCC1Nc1snc(C)c1C(C)=O. The molecule has 2 unspecified atom stereocenters. The number of Topliss-reactive ketones (excluding diaryl/α,β-unsaturated/α-hetero) is 1. The molecule has 0 radical (unpaired) electrons.